The van der Waals surface area contributed by atoms with Crippen molar-refractivity contribution in [1.82, 2.24) is 0 Å². The van der Waals surface area contributed by atoms with Crippen LogP contribution in [-0.4, -0.2) is 0 Å². The predicted octanol–water partition coefficient (Wildman–Crippen LogP) is 2.93. The second-order valence-electron chi connectivity index (χ2n) is 1.34. The van der Waals surface area contributed by atoms with Gasteiger partial charge in [-0.05, 0) is 0 Å². The van der Waals surface area contributed by atoms with Gasteiger partial charge in [-0.25, -0.2) is 0 Å². The van der Waals surface area contributed by atoms with E-state index in [9.17, 15) is 0 Å². The summed E-state index contributed by atoms with van der Waals surface area (Å²) in [5.74, 6) is 0. The van der Waals surface area contributed by atoms with Crippen molar-refractivity contribution in [3.63, 3.8) is 0 Å². The molecular weight excluding hydrogens is 177 g/mol. The molecule has 1 heterocycles. The normalized spacial score (nSPS) is 9.00. The quantitative estimate of drug-likeness (QED) is 0.599. The standard InChI is InChI=1S/C5HCl2NS/c6-3-2-9-4(1-8)5(3)7/h2H. The van der Waals surface area contributed by atoms with Gasteiger partial charge in [0.1, 0.15) is 10.9 Å². The molecule has 0 saturated carbocycles. The lowest BCUT2D eigenvalue weighted by Gasteiger charge is -1.79. The van der Waals surface area contributed by atoms with Gasteiger partial charge >= 0.3 is 0 Å². The Morgan fingerprint density at radius 1 is 1.56 bits per heavy atom. The Kier molecular flexibility index (Phi) is 1.97. The Morgan fingerprint density at radius 2 is 2.22 bits per heavy atom. The zero-order valence-electron chi connectivity index (χ0n) is 4.19. The summed E-state index contributed by atoms with van der Waals surface area (Å²) in [6, 6.07) is 1.92. The van der Waals surface area contributed by atoms with Gasteiger partial charge in [-0.2, -0.15) is 5.26 Å². The van der Waals surface area contributed by atoms with Crippen molar-refractivity contribution in [1.29, 1.82) is 5.26 Å². The minimum Gasteiger partial charge on any atom is -0.191 e. The molecule has 1 aromatic heterocycles. The van der Waals surface area contributed by atoms with E-state index < -0.39 is 0 Å². The lowest BCUT2D eigenvalue weighted by atomic mass is 10.5. The summed E-state index contributed by atoms with van der Waals surface area (Å²) < 4.78 is 0. The van der Waals surface area contributed by atoms with Crippen molar-refractivity contribution in [2.45, 2.75) is 0 Å². The summed E-state index contributed by atoms with van der Waals surface area (Å²) in [5, 5.41) is 10.8. The zero-order chi connectivity index (χ0) is 6.85. The van der Waals surface area contributed by atoms with Crippen LogP contribution in [0.2, 0.25) is 10.0 Å². The monoisotopic (exact) mass is 177 g/mol. The van der Waals surface area contributed by atoms with E-state index in [1.54, 1.807) is 5.38 Å². The molecule has 0 fully saturated rings. The van der Waals surface area contributed by atoms with Crippen LogP contribution >= 0.6 is 34.5 Å². The number of rotatable bonds is 0. The molecule has 0 amide bonds. The molecule has 0 N–H and O–H groups in total. The second kappa shape index (κ2) is 2.57. The maximum atomic E-state index is 8.35. The first-order valence-corrected chi connectivity index (χ1v) is 3.72. The van der Waals surface area contributed by atoms with Gasteiger partial charge in [-0.1, -0.05) is 23.2 Å². The molecular formula is C5HCl2NS. The number of nitriles is 1. The number of hydrogen-bond donors (Lipinski definition) is 0. The molecule has 9 heavy (non-hydrogen) atoms. The largest absolute Gasteiger partial charge is 0.191 e. The molecule has 1 nitrogen and oxygen atoms in total. The van der Waals surface area contributed by atoms with Crippen LogP contribution in [0.5, 0.6) is 0 Å². The summed E-state index contributed by atoms with van der Waals surface area (Å²) >= 11 is 12.4. The molecule has 0 spiro atoms. The van der Waals surface area contributed by atoms with Gasteiger partial charge in [0.05, 0.1) is 10.0 Å². The van der Waals surface area contributed by atoms with Crippen molar-refractivity contribution in [2.75, 3.05) is 0 Å². The number of halogens is 2. The Hall–Kier alpha value is -0.230. The molecule has 0 aliphatic heterocycles. The molecule has 0 aliphatic carbocycles. The van der Waals surface area contributed by atoms with E-state index in [1.165, 1.54) is 11.3 Å². The molecule has 0 atom stereocenters. The lowest BCUT2D eigenvalue weighted by Crippen LogP contribution is -1.60. The van der Waals surface area contributed by atoms with Crippen LogP contribution in [-0.2, 0) is 0 Å². The van der Waals surface area contributed by atoms with Crippen molar-refractivity contribution < 1.29 is 0 Å². The third kappa shape index (κ3) is 1.19. The number of nitrogens with zero attached hydrogens (tertiary/aromatic N) is 1. The molecule has 1 aromatic rings. The molecule has 0 saturated heterocycles. The first-order valence-electron chi connectivity index (χ1n) is 2.08. The zero-order valence-corrected chi connectivity index (χ0v) is 6.52. The van der Waals surface area contributed by atoms with Crippen LogP contribution in [0, 0.1) is 11.3 Å². The highest BCUT2D eigenvalue weighted by atomic mass is 35.5. The van der Waals surface area contributed by atoms with Crippen molar-refractivity contribution >= 4 is 34.5 Å². The van der Waals surface area contributed by atoms with Crippen LogP contribution in [0.4, 0.5) is 0 Å². The van der Waals surface area contributed by atoms with Crippen molar-refractivity contribution in [3.05, 3.63) is 20.3 Å². The third-order valence-corrected chi connectivity index (χ3v) is 2.70. The molecule has 0 aromatic carbocycles. The van der Waals surface area contributed by atoms with Gasteiger partial charge in [0.2, 0.25) is 0 Å². The van der Waals surface area contributed by atoms with Crippen molar-refractivity contribution in [3.8, 4) is 6.07 Å². The highest BCUT2D eigenvalue weighted by Gasteiger charge is 2.04. The number of hydrogen-bond acceptors (Lipinski definition) is 2. The minimum absolute atomic E-state index is 0.365. The maximum Gasteiger partial charge on any atom is 0.125 e. The lowest BCUT2D eigenvalue weighted by molar-refractivity contribution is 1.52. The van der Waals surface area contributed by atoms with Gasteiger partial charge in [0, 0.05) is 5.38 Å². The van der Waals surface area contributed by atoms with Crippen LogP contribution in [0.1, 0.15) is 4.88 Å². The van der Waals surface area contributed by atoms with Gasteiger partial charge < -0.3 is 0 Å². The van der Waals surface area contributed by atoms with E-state index in [0.717, 1.165) is 0 Å². The highest BCUT2D eigenvalue weighted by molar-refractivity contribution is 7.11. The summed E-state index contributed by atoms with van der Waals surface area (Å²) in [4.78, 5) is 0.474. The Bertz CT molecular complexity index is 260. The topological polar surface area (TPSA) is 23.8 Å². The maximum absolute atomic E-state index is 8.35. The molecule has 4 heteroatoms. The Balaban J connectivity index is 3.24. The van der Waals surface area contributed by atoms with Gasteiger partial charge in [0.25, 0.3) is 0 Å². The van der Waals surface area contributed by atoms with E-state index in [-0.39, 0.29) is 0 Å². The molecule has 1 rings (SSSR count). The second-order valence-corrected chi connectivity index (χ2v) is 3.00. The Morgan fingerprint density at radius 3 is 2.44 bits per heavy atom. The Labute approximate surface area is 66.4 Å². The van der Waals surface area contributed by atoms with Crippen molar-refractivity contribution in [2.24, 2.45) is 0 Å². The summed E-state index contributed by atoms with van der Waals surface area (Å²) in [7, 11) is 0. The third-order valence-electron chi connectivity index (χ3n) is 0.791. The molecule has 0 radical (unpaired) electrons. The van der Waals surface area contributed by atoms with Crippen LogP contribution in [0.3, 0.4) is 0 Å². The van der Waals surface area contributed by atoms with Gasteiger partial charge in [0.15, 0.2) is 0 Å². The average molecular weight is 178 g/mol. The van der Waals surface area contributed by atoms with E-state index in [0.29, 0.717) is 14.9 Å². The number of thiophene rings is 1. The minimum atomic E-state index is 0.365. The molecule has 0 aliphatic rings. The van der Waals surface area contributed by atoms with E-state index in [1.807, 2.05) is 6.07 Å². The van der Waals surface area contributed by atoms with Crippen LogP contribution in [0.25, 0.3) is 0 Å². The summed E-state index contributed by atoms with van der Waals surface area (Å²) in [6.07, 6.45) is 0. The van der Waals surface area contributed by atoms with E-state index >= 15 is 0 Å². The summed E-state index contributed by atoms with van der Waals surface area (Å²) in [5.41, 5.74) is 0. The fourth-order valence-electron chi connectivity index (χ4n) is 0.398. The SMILES string of the molecule is N#Cc1scc(Cl)c1Cl. The average Bonchev–Trinajstić information content (AvgIpc) is 2.15. The van der Waals surface area contributed by atoms with E-state index in [4.69, 9.17) is 28.5 Å². The highest BCUT2D eigenvalue weighted by Crippen LogP contribution is 2.30. The molecule has 46 valence electrons. The van der Waals surface area contributed by atoms with Crippen LogP contribution < -0.4 is 0 Å². The summed E-state index contributed by atoms with van der Waals surface area (Å²) in [6.45, 7) is 0. The predicted molar refractivity (Wildman–Crippen MR) is 39.1 cm³/mol. The molecule has 0 bridgehead atoms. The fraction of sp³-hybridized carbons (Fsp3) is 0. The van der Waals surface area contributed by atoms with Crippen LogP contribution in [0.15, 0.2) is 5.38 Å². The first kappa shape index (κ1) is 6.88. The molecule has 0 unspecified atom stereocenters. The smallest absolute Gasteiger partial charge is 0.125 e. The van der Waals surface area contributed by atoms with Gasteiger partial charge in [-0.15, -0.1) is 11.3 Å². The van der Waals surface area contributed by atoms with Gasteiger partial charge in [-0.3, -0.25) is 0 Å². The fourth-order valence-corrected chi connectivity index (χ4v) is 1.58. The van der Waals surface area contributed by atoms with E-state index in [2.05, 4.69) is 0 Å². The first-order chi connectivity index (χ1) is 4.25.